The summed E-state index contributed by atoms with van der Waals surface area (Å²) in [7, 11) is 0. The molecule has 2 atom stereocenters. The third-order valence-corrected chi connectivity index (χ3v) is 3.34. The molecule has 1 aromatic rings. The summed E-state index contributed by atoms with van der Waals surface area (Å²) in [4.78, 5) is 0. The summed E-state index contributed by atoms with van der Waals surface area (Å²) in [6.45, 7) is 4.46. The maximum absolute atomic E-state index is 8.56. The third-order valence-electron chi connectivity index (χ3n) is 2.78. The quantitative estimate of drug-likeness (QED) is 0.338. The Morgan fingerprint density at radius 2 is 2.11 bits per heavy atom. The Morgan fingerprint density at radius 3 is 2.67 bits per heavy atom. The summed E-state index contributed by atoms with van der Waals surface area (Å²) >= 11 is 12.0. The SMILES string of the molecule is CC(CNC(C)c1ccc(Cl)cc1Cl)C(N)=NO. The van der Waals surface area contributed by atoms with Crippen LogP contribution >= 0.6 is 23.2 Å². The van der Waals surface area contributed by atoms with Crippen LogP contribution in [0.3, 0.4) is 0 Å². The summed E-state index contributed by atoms with van der Waals surface area (Å²) in [6, 6.07) is 5.46. The second kappa shape index (κ2) is 6.83. The van der Waals surface area contributed by atoms with Crippen molar-refractivity contribution < 1.29 is 5.21 Å². The van der Waals surface area contributed by atoms with Crippen LogP contribution in [-0.2, 0) is 0 Å². The van der Waals surface area contributed by atoms with Gasteiger partial charge in [0.25, 0.3) is 0 Å². The van der Waals surface area contributed by atoms with Gasteiger partial charge in [0.2, 0.25) is 0 Å². The molecule has 0 radical (unpaired) electrons. The molecule has 2 unspecified atom stereocenters. The van der Waals surface area contributed by atoms with Gasteiger partial charge < -0.3 is 16.3 Å². The van der Waals surface area contributed by atoms with Gasteiger partial charge in [-0.2, -0.15) is 0 Å². The van der Waals surface area contributed by atoms with Gasteiger partial charge in [0.05, 0.1) is 0 Å². The fourth-order valence-corrected chi connectivity index (χ4v) is 2.09. The van der Waals surface area contributed by atoms with Crippen molar-refractivity contribution in [2.24, 2.45) is 16.8 Å². The van der Waals surface area contributed by atoms with Crippen LogP contribution < -0.4 is 11.1 Å². The lowest BCUT2D eigenvalue weighted by molar-refractivity contribution is 0.313. The molecule has 1 rings (SSSR count). The highest BCUT2D eigenvalue weighted by atomic mass is 35.5. The lowest BCUT2D eigenvalue weighted by atomic mass is 10.1. The Labute approximate surface area is 117 Å². The highest BCUT2D eigenvalue weighted by Gasteiger charge is 2.13. The van der Waals surface area contributed by atoms with E-state index in [1.165, 1.54) is 0 Å². The van der Waals surface area contributed by atoms with E-state index in [1.54, 1.807) is 12.1 Å². The summed E-state index contributed by atoms with van der Waals surface area (Å²) < 4.78 is 0. The van der Waals surface area contributed by atoms with Gasteiger partial charge in [-0.1, -0.05) is 41.3 Å². The van der Waals surface area contributed by atoms with E-state index in [0.717, 1.165) is 5.56 Å². The Hall–Kier alpha value is -0.970. The van der Waals surface area contributed by atoms with Crippen molar-refractivity contribution in [3.63, 3.8) is 0 Å². The molecule has 0 aliphatic heterocycles. The number of halogens is 2. The van der Waals surface area contributed by atoms with Gasteiger partial charge in [0, 0.05) is 28.5 Å². The van der Waals surface area contributed by atoms with Crippen molar-refractivity contribution in [2.45, 2.75) is 19.9 Å². The molecule has 0 amide bonds. The number of nitrogens with one attached hydrogen (secondary N) is 1. The second-order valence-electron chi connectivity index (χ2n) is 4.22. The van der Waals surface area contributed by atoms with Gasteiger partial charge in [0.15, 0.2) is 0 Å². The molecule has 0 spiro atoms. The molecule has 6 heteroatoms. The van der Waals surface area contributed by atoms with Crippen molar-refractivity contribution in [1.82, 2.24) is 5.32 Å². The molecule has 0 bridgehead atoms. The maximum Gasteiger partial charge on any atom is 0.143 e. The minimum Gasteiger partial charge on any atom is -0.409 e. The topological polar surface area (TPSA) is 70.6 Å². The summed E-state index contributed by atoms with van der Waals surface area (Å²) in [6.07, 6.45) is 0. The average Bonchev–Trinajstić information content (AvgIpc) is 2.34. The number of oxime groups is 1. The first-order chi connectivity index (χ1) is 8.45. The first-order valence-electron chi connectivity index (χ1n) is 5.61. The number of nitrogens with two attached hydrogens (primary N) is 1. The van der Waals surface area contributed by atoms with E-state index >= 15 is 0 Å². The van der Waals surface area contributed by atoms with Crippen molar-refractivity contribution in [3.05, 3.63) is 33.8 Å². The van der Waals surface area contributed by atoms with Crippen molar-refractivity contribution in [2.75, 3.05) is 6.54 Å². The van der Waals surface area contributed by atoms with E-state index in [1.807, 2.05) is 19.9 Å². The van der Waals surface area contributed by atoms with Crippen LogP contribution in [0.4, 0.5) is 0 Å². The van der Waals surface area contributed by atoms with Gasteiger partial charge in [-0.05, 0) is 24.6 Å². The first-order valence-corrected chi connectivity index (χ1v) is 6.37. The summed E-state index contributed by atoms with van der Waals surface area (Å²) in [5.74, 6) is 0.153. The normalized spacial score (nSPS) is 15.4. The van der Waals surface area contributed by atoms with Crippen LogP contribution in [0.2, 0.25) is 10.0 Å². The van der Waals surface area contributed by atoms with E-state index in [9.17, 15) is 0 Å². The third kappa shape index (κ3) is 4.05. The van der Waals surface area contributed by atoms with Gasteiger partial charge in [-0.3, -0.25) is 0 Å². The minimum atomic E-state index is -0.0523. The number of amidine groups is 1. The molecule has 0 saturated carbocycles. The largest absolute Gasteiger partial charge is 0.409 e. The van der Waals surface area contributed by atoms with Gasteiger partial charge in [0.1, 0.15) is 5.84 Å². The summed E-state index contributed by atoms with van der Waals surface area (Å²) in [5.41, 5.74) is 6.47. The molecule has 4 nitrogen and oxygen atoms in total. The molecule has 4 N–H and O–H groups in total. The Kier molecular flexibility index (Phi) is 5.72. The molecular formula is C12H17Cl2N3O. The van der Waals surface area contributed by atoms with Crippen molar-refractivity contribution in [1.29, 1.82) is 0 Å². The summed E-state index contributed by atoms with van der Waals surface area (Å²) in [5, 5.41) is 16.1. The number of rotatable bonds is 5. The number of hydrogen-bond acceptors (Lipinski definition) is 3. The van der Waals surface area contributed by atoms with Crippen molar-refractivity contribution >= 4 is 29.0 Å². The zero-order valence-electron chi connectivity index (χ0n) is 10.3. The highest BCUT2D eigenvalue weighted by Crippen LogP contribution is 2.26. The molecule has 0 saturated heterocycles. The number of nitrogens with zero attached hydrogens (tertiary/aromatic N) is 1. The maximum atomic E-state index is 8.56. The standard InChI is InChI=1S/C12H17Cl2N3O/c1-7(12(15)17-18)6-16-8(2)10-4-3-9(13)5-11(10)14/h3-5,7-8,16,18H,6H2,1-2H3,(H2,15,17). The van der Waals surface area contributed by atoms with Crippen molar-refractivity contribution in [3.8, 4) is 0 Å². The predicted molar refractivity (Wildman–Crippen MR) is 75.5 cm³/mol. The molecule has 18 heavy (non-hydrogen) atoms. The van der Waals surface area contributed by atoms with Crippen LogP contribution in [0.15, 0.2) is 23.4 Å². The number of hydrogen-bond donors (Lipinski definition) is 3. The smallest absolute Gasteiger partial charge is 0.143 e. The van der Waals surface area contributed by atoms with E-state index in [4.69, 9.17) is 34.1 Å². The number of benzene rings is 1. The van der Waals surface area contributed by atoms with Gasteiger partial charge >= 0.3 is 0 Å². The lowest BCUT2D eigenvalue weighted by Crippen LogP contribution is -2.32. The molecule has 1 aromatic carbocycles. The first kappa shape index (κ1) is 15.1. The van der Waals surface area contributed by atoms with E-state index in [0.29, 0.717) is 16.6 Å². The molecule has 0 aliphatic carbocycles. The zero-order valence-corrected chi connectivity index (χ0v) is 11.8. The van der Waals surface area contributed by atoms with Crippen LogP contribution in [-0.4, -0.2) is 17.6 Å². The second-order valence-corrected chi connectivity index (χ2v) is 5.07. The minimum absolute atomic E-state index is 0.0523. The molecule has 0 heterocycles. The fraction of sp³-hybridized carbons (Fsp3) is 0.417. The van der Waals surface area contributed by atoms with E-state index < -0.39 is 0 Å². The molecule has 0 fully saturated rings. The molecule has 0 aromatic heterocycles. The highest BCUT2D eigenvalue weighted by molar-refractivity contribution is 6.35. The lowest BCUT2D eigenvalue weighted by Gasteiger charge is -2.18. The zero-order chi connectivity index (χ0) is 13.7. The van der Waals surface area contributed by atoms with Gasteiger partial charge in [-0.15, -0.1) is 0 Å². The van der Waals surface area contributed by atoms with Crippen LogP contribution in [0.5, 0.6) is 0 Å². The Bertz CT molecular complexity index is 437. The molecule has 0 aliphatic rings. The van der Waals surface area contributed by atoms with Crippen LogP contribution in [0, 0.1) is 5.92 Å². The molecular weight excluding hydrogens is 273 g/mol. The van der Waals surface area contributed by atoms with E-state index in [-0.39, 0.29) is 17.8 Å². The predicted octanol–water partition coefficient (Wildman–Crippen LogP) is 3.03. The Balaban J connectivity index is 2.63. The van der Waals surface area contributed by atoms with Crippen LogP contribution in [0.1, 0.15) is 25.5 Å². The Morgan fingerprint density at radius 1 is 1.44 bits per heavy atom. The van der Waals surface area contributed by atoms with E-state index in [2.05, 4.69) is 10.5 Å². The monoisotopic (exact) mass is 289 g/mol. The fourth-order valence-electron chi connectivity index (χ4n) is 1.52. The van der Waals surface area contributed by atoms with Gasteiger partial charge in [-0.25, -0.2) is 0 Å². The average molecular weight is 290 g/mol. The van der Waals surface area contributed by atoms with Crippen LogP contribution in [0.25, 0.3) is 0 Å². The molecule has 100 valence electrons.